The van der Waals surface area contributed by atoms with Crippen LogP contribution in [0.15, 0.2) is 23.0 Å². The van der Waals surface area contributed by atoms with Crippen LogP contribution >= 0.6 is 22.7 Å². The van der Waals surface area contributed by atoms with Gasteiger partial charge in [-0.3, -0.25) is 4.90 Å². The SMILES string of the molecule is CCC(N)C(c1cccs1)N(C)Cc1scnc1C. The molecule has 0 fully saturated rings. The molecule has 3 nitrogen and oxygen atoms in total. The minimum Gasteiger partial charge on any atom is -0.326 e. The standard InChI is InChI=1S/C14H21N3S2/c1-4-11(15)14(12-6-5-7-18-12)17(3)8-13-10(2)16-9-19-13/h5-7,9,11,14H,4,8,15H2,1-3H3. The number of aromatic nitrogens is 1. The number of thiophene rings is 1. The summed E-state index contributed by atoms with van der Waals surface area (Å²) in [5.74, 6) is 0. The number of nitrogens with two attached hydrogens (primary N) is 1. The molecule has 2 atom stereocenters. The molecule has 2 heterocycles. The molecule has 2 unspecified atom stereocenters. The fourth-order valence-electron chi connectivity index (χ4n) is 2.24. The molecule has 0 saturated heterocycles. The van der Waals surface area contributed by atoms with Crippen LogP contribution in [-0.2, 0) is 6.54 Å². The summed E-state index contributed by atoms with van der Waals surface area (Å²) in [5.41, 5.74) is 9.38. The van der Waals surface area contributed by atoms with Gasteiger partial charge in [-0.15, -0.1) is 22.7 Å². The van der Waals surface area contributed by atoms with Gasteiger partial charge in [0.2, 0.25) is 0 Å². The van der Waals surface area contributed by atoms with Crippen LogP contribution in [-0.4, -0.2) is 23.0 Å². The Morgan fingerprint density at radius 2 is 2.21 bits per heavy atom. The third kappa shape index (κ3) is 3.42. The van der Waals surface area contributed by atoms with Crippen LogP contribution in [0, 0.1) is 6.92 Å². The Morgan fingerprint density at radius 3 is 2.74 bits per heavy atom. The first-order valence-corrected chi connectivity index (χ1v) is 8.27. The average molecular weight is 295 g/mol. The molecule has 5 heteroatoms. The molecule has 0 aliphatic rings. The molecule has 0 aromatic carbocycles. The number of rotatable bonds is 6. The number of hydrogen-bond acceptors (Lipinski definition) is 5. The van der Waals surface area contributed by atoms with Crippen molar-refractivity contribution in [3.63, 3.8) is 0 Å². The van der Waals surface area contributed by atoms with Gasteiger partial charge in [0.1, 0.15) is 0 Å². The zero-order valence-electron chi connectivity index (χ0n) is 11.7. The molecule has 0 aliphatic carbocycles. The van der Waals surface area contributed by atoms with Crippen molar-refractivity contribution in [2.24, 2.45) is 5.73 Å². The monoisotopic (exact) mass is 295 g/mol. The lowest BCUT2D eigenvalue weighted by Gasteiger charge is -2.31. The molecular formula is C14H21N3S2. The highest BCUT2D eigenvalue weighted by Gasteiger charge is 2.24. The Balaban J connectivity index is 2.17. The van der Waals surface area contributed by atoms with Gasteiger partial charge in [0.05, 0.1) is 17.2 Å². The highest BCUT2D eigenvalue weighted by atomic mass is 32.1. The minimum absolute atomic E-state index is 0.164. The molecule has 0 bridgehead atoms. The van der Waals surface area contributed by atoms with Crippen LogP contribution < -0.4 is 5.73 Å². The highest BCUT2D eigenvalue weighted by Crippen LogP contribution is 2.29. The van der Waals surface area contributed by atoms with Gasteiger partial charge in [-0.2, -0.15) is 0 Å². The van der Waals surface area contributed by atoms with Gasteiger partial charge in [-0.25, -0.2) is 4.98 Å². The van der Waals surface area contributed by atoms with E-state index in [1.165, 1.54) is 9.75 Å². The normalized spacial score (nSPS) is 14.8. The number of hydrogen-bond donors (Lipinski definition) is 1. The van der Waals surface area contributed by atoms with Crippen molar-refractivity contribution in [3.05, 3.63) is 38.5 Å². The molecule has 0 radical (unpaired) electrons. The smallest absolute Gasteiger partial charge is 0.0798 e. The van der Waals surface area contributed by atoms with Gasteiger partial charge in [-0.1, -0.05) is 13.0 Å². The summed E-state index contributed by atoms with van der Waals surface area (Å²) < 4.78 is 0. The van der Waals surface area contributed by atoms with E-state index in [4.69, 9.17) is 5.73 Å². The lowest BCUT2D eigenvalue weighted by Crippen LogP contribution is -2.38. The van der Waals surface area contributed by atoms with E-state index in [0.29, 0.717) is 0 Å². The van der Waals surface area contributed by atoms with E-state index in [0.717, 1.165) is 18.7 Å². The van der Waals surface area contributed by atoms with Crippen LogP contribution in [0.1, 0.15) is 34.8 Å². The third-order valence-corrected chi connectivity index (χ3v) is 5.29. The minimum atomic E-state index is 0.164. The Morgan fingerprint density at radius 1 is 1.42 bits per heavy atom. The van der Waals surface area contributed by atoms with Gasteiger partial charge in [0.15, 0.2) is 0 Å². The molecule has 2 N–H and O–H groups in total. The van der Waals surface area contributed by atoms with Crippen LogP contribution in [0.25, 0.3) is 0 Å². The first kappa shape index (κ1) is 14.7. The second-order valence-electron chi connectivity index (χ2n) is 4.81. The summed E-state index contributed by atoms with van der Waals surface area (Å²) in [6.45, 7) is 5.13. The fraction of sp³-hybridized carbons (Fsp3) is 0.500. The molecule has 2 aromatic rings. The summed E-state index contributed by atoms with van der Waals surface area (Å²) in [4.78, 5) is 9.34. The summed E-state index contributed by atoms with van der Waals surface area (Å²) in [7, 11) is 2.15. The molecule has 2 rings (SSSR count). The van der Waals surface area contributed by atoms with Crippen LogP contribution in [0.5, 0.6) is 0 Å². The summed E-state index contributed by atoms with van der Waals surface area (Å²) in [5, 5.41) is 2.12. The van der Waals surface area contributed by atoms with Crippen molar-refractivity contribution in [3.8, 4) is 0 Å². The fourth-order valence-corrected chi connectivity index (χ4v) is 4.05. The second kappa shape index (κ2) is 6.61. The summed E-state index contributed by atoms with van der Waals surface area (Å²) >= 11 is 3.51. The average Bonchev–Trinajstić information content (AvgIpc) is 3.03. The van der Waals surface area contributed by atoms with Crippen molar-refractivity contribution >= 4 is 22.7 Å². The lowest BCUT2D eigenvalue weighted by atomic mass is 10.0. The molecule has 104 valence electrons. The topological polar surface area (TPSA) is 42.1 Å². The molecule has 2 aromatic heterocycles. The third-order valence-electron chi connectivity index (χ3n) is 3.42. The van der Waals surface area contributed by atoms with E-state index < -0.39 is 0 Å². The van der Waals surface area contributed by atoms with Gasteiger partial charge < -0.3 is 5.73 Å². The largest absolute Gasteiger partial charge is 0.326 e. The van der Waals surface area contributed by atoms with E-state index in [9.17, 15) is 0 Å². The van der Waals surface area contributed by atoms with E-state index >= 15 is 0 Å². The molecular weight excluding hydrogens is 274 g/mol. The quantitative estimate of drug-likeness (QED) is 0.888. The number of aryl methyl sites for hydroxylation is 1. The van der Waals surface area contributed by atoms with Crippen molar-refractivity contribution < 1.29 is 0 Å². The zero-order valence-corrected chi connectivity index (χ0v) is 13.3. The molecule has 0 saturated carbocycles. The predicted octanol–water partition coefficient (Wildman–Crippen LogP) is 3.42. The van der Waals surface area contributed by atoms with E-state index in [2.05, 4.69) is 48.3 Å². The maximum absolute atomic E-state index is 6.33. The summed E-state index contributed by atoms with van der Waals surface area (Å²) in [6, 6.07) is 4.73. The van der Waals surface area contributed by atoms with E-state index in [-0.39, 0.29) is 12.1 Å². The second-order valence-corrected chi connectivity index (χ2v) is 6.73. The van der Waals surface area contributed by atoms with Gasteiger partial charge in [-0.05, 0) is 31.8 Å². The number of thiazole rings is 1. The molecule has 19 heavy (non-hydrogen) atoms. The molecule has 0 aliphatic heterocycles. The van der Waals surface area contributed by atoms with Gasteiger partial charge in [0, 0.05) is 22.3 Å². The Kier molecular flexibility index (Phi) is 5.10. The van der Waals surface area contributed by atoms with Gasteiger partial charge in [0.25, 0.3) is 0 Å². The lowest BCUT2D eigenvalue weighted by molar-refractivity contribution is 0.206. The Labute approximate surface area is 123 Å². The Hall–Kier alpha value is -0.750. The van der Waals surface area contributed by atoms with E-state index in [1.54, 1.807) is 22.7 Å². The Bertz CT molecular complexity index is 493. The van der Waals surface area contributed by atoms with E-state index in [1.807, 2.05) is 5.51 Å². The maximum Gasteiger partial charge on any atom is 0.0798 e. The predicted molar refractivity (Wildman–Crippen MR) is 83.6 cm³/mol. The molecule has 0 amide bonds. The van der Waals surface area contributed by atoms with Crippen LogP contribution in [0.4, 0.5) is 0 Å². The molecule has 0 spiro atoms. The first-order valence-electron chi connectivity index (χ1n) is 6.51. The highest BCUT2D eigenvalue weighted by molar-refractivity contribution is 7.10. The van der Waals surface area contributed by atoms with Crippen LogP contribution in [0.2, 0.25) is 0 Å². The first-order chi connectivity index (χ1) is 9.13. The maximum atomic E-state index is 6.33. The number of nitrogens with zero attached hydrogens (tertiary/aromatic N) is 2. The van der Waals surface area contributed by atoms with Crippen molar-refractivity contribution in [1.29, 1.82) is 0 Å². The van der Waals surface area contributed by atoms with Crippen molar-refractivity contribution in [2.45, 2.75) is 38.9 Å². The zero-order chi connectivity index (χ0) is 13.8. The summed E-state index contributed by atoms with van der Waals surface area (Å²) in [6.07, 6.45) is 0.981. The number of likely N-dealkylation sites (N-methyl/N-ethyl adjacent to an activating group) is 1. The van der Waals surface area contributed by atoms with Crippen molar-refractivity contribution in [1.82, 2.24) is 9.88 Å². The van der Waals surface area contributed by atoms with Crippen LogP contribution in [0.3, 0.4) is 0 Å². The van der Waals surface area contributed by atoms with Crippen molar-refractivity contribution in [2.75, 3.05) is 7.05 Å². The van der Waals surface area contributed by atoms with Gasteiger partial charge >= 0.3 is 0 Å².